The third kappa shape index (κ3) is 3.01. The minimum absolute atomic E-state index is 0.484. The SMILES string of the molecule is CCOc1cccc(C(NC)C2CCCC2)c1. The molecule has 2 rings (SSSR count). The quantitative estimate of drug-likeness (QED) is 0.840. The second-order valence-electron chi connectivity index (χ2n) is 4.82. The summed E-state index contributed by atoms with van der Waals surface area (Å²) in [6, 6.07) is 9.01. The van der Waals surface area contributed by atoms with Crippen molar-refractivity contribution in [3.8, 4) is 5.75 Å². The second kappa shape index (κ2) is 6.06. The topological polar surface area (TPSA) is 21.3 Å². The average Bonchev–Trinajstić information content (AvgIpc) is 2.85. The Morgan fingerprint density at radius 3 is 2.76 bits per heavy atom. The van der Waals surface area contributed by atoms with Gasteiger partial charge in [-0.1, -0.05) is 25.0 Å². The largest absolute Gasteiger partial charge is 0.494 e. The molecule has 0 amide bonds. The predicted octanol–water partition coefficient (Wildman–Crippen LogP) is 3.54. The van der Waals surface area contributed by atoms with E-state index in [-0.39, 0.29) is 0 Å². The zero-order chi connectivity index (χ0) is 12.1. The number of benzene rings is 1. The third-order valence-electron chi connectivity index (χ3n) is 3.71. The van der Waals surface area contributed by atoms with E-state index in [1.54, 1.807) is 0 Å². The standard InChI is InChI=1S/C15H23NO/c1-3-17-14-10-6-9-13(11-14)15(16-2)12-7-4-5-8-12/h6,9-12,15-16H,3-5,7-8H2,1-2H3. The highest BCUT2D eigenvalue weighted by Gasteiger charge is 2.25. The summed E-state index contributed by atoms with van der Waals surface area (Å²) in [4.78, 5) is 0. The molecule has 0 bridgehead atoms. The predicted molar refractivity (Wildman–Crippen MR) is 71.4 cm³/mol. The summed E-state index contributed by atoms with van der Waals surface area (Å²) in [5.41, 5.74) is 1.37. The van der Waals surface area contributed by atoms with Gasteiger partial charge in [-0.25, -0.2) is 0 Å². The van der Waals surface area contributed by atoms with E-state index in [9.17, 15) is 0 Å². The smallest absolute Gasteiger partial charge is 0.119 e. The van der Waals surface area contributed by atoms with Crippen LogP contribution in [0.2, 0.25) is 0 Å². The fraction of sp³-hybridized carbons (Fsp3) is 0.600. The Bertz CT molecular complexity index is 345. The van der Waals surface area contributed by atoms with Gasteiger partial charge in [0.25, 0.3) is 0 Å². The van der Waals surface area contributed by atoms with Crippen LogP contribution in [0.15, 0.2) is 24.3 Å². The van der Waals surface area contributed by atoms with Gasteiger partial charge in [-0.15, -0.1) is 0 Å². The number of nitrogens with one attached hydrogen (secondary N) is 1. The molecule has 17 heavy (non-hydrogen) atoms. The Kier molecular flexibility index (Phi) is 4.43. The molecular formula is C15H23NO. The molecule has 1 saturated carbocycles. The van der Waals surface area contributed by atoms with Gasteiger partial charge in [0.2, 0.25) is 0 Å². The Hall–Kier alpha value is -1.02. The van der Waals surface area contributed by atoms with E-state index >= 15 is 0 Å². The number of rotatable bonds is 5. The van der Waals surface area contributed by atoms with Crippen molar-refractivity contribution in [2.45, 2.75) is 38.6 Å². The molecule has 0 heterocycles. The summed E-state index contributed by atoms with van der Waals surface area (Å²) < 4.78 is 5.58. The van der Waals surface area contributed by atoms with E-state index in [1.165, 1.54) is 31.2 Å². The first-order valence-electron chi connectivity index (χ1n) is 6.75. The molecule has 0 saturated heterocycles. The molecule has 0 aromatic heterocycles. The average molecular weight is 233 g/mol. The van der Waals surface area contributed by atoms with Gasteiger partial charge >= 0.3 is 0 Å². The van der Waals surface area contributed by atoms with E-state index in [4.69, 9.17) is 4.74 Å². The Labute approximate surface area is 104 Å². The van der Waals surface area contributed by atoms with Gasteiger partial charge in [-0.05, 0) is 50.4 Å². The Morgan fingerprint density at radius 2 is 2.12 bits per heavy atom. The molecule has 1 aliphatic rings. The number of hydrogen-bond donors (Lipinski definition) is 1. The van der Waals surface area contributed by atoms with Crippen LogP contribution in [0.25, 0.3) is 0 Å². The van der Waals surface area contributed by atoms with Gasteiger partial charge in [-0.2, -0.15) is 0 Å². The van der Waals surface area contributed by atoms with Crippen molar-refractivity contribution in [1.82, 2.24) is 5.32 Å². The Morgan fingerprint density at radius 1 is 1.35 bits per heavy atom. The van der Waals surface area contributed by atoms with Crippen molar-refractivity contribution in [2.75, 3.05) is 13.7 Å². The first-order chi connectivity index (χ1) is 8.35. The minimum atomic E-state index is 0.484. The van der Waals surface area contributed by atoms with E-state index in [2.05, 4.69) is 30.6 Å². The molecular weight excluding hydrogens is 210 g/mol. The van der Waals surface area contributed by atoms with E-state index < -0.39 is 0 Å². The lowest BCUT2D eigenvalue weighted by molar-refractivity contribution is 0.337. The van der Waals surface area contributed by atoms with Gasteiger partial charge in [0.05, 0.1) is 6.61 Å². The zero-order valence-electron chi connectivity index (χ0n) is 10.9. The maximum Gasteiger partial charge on any atom is 0.119 e. The lowest BCUT2D eigenvalue weighted by Crippen LogP contribution is -2.23. The highest BCUT2D eigenvalue weighted by molar-refractivity contribution is 5.31. The zero-order valence-corrected chi connectivity index (χ0v) is 10.9. The van der Waals surface area contributed by atoms with Crippen molar-refractivity contribution in [2.24, 2.45) is 5.92 Å². The first-order valence-corrected chi connectivity index (χ1v) is 6.75. The number of ether oxygens (including phenoxy) is 1. The molecule has 1 aliphatic carbocycles. The monoisotopic (exact) mass is 233 g/mol. The van der Waals surface area contributed by atoms with Crippen LogP contribution in [0.1, 0.15) is 44.2 Å². The van der Waals surface area contributed by atoms with Gasteiger partial charge in [0, 0.05) is 6.04 Å². The molecule has 1 N–H and O–H groups in total. The fourth-order valence-electron chi connectivity index (χ4n) is 2.93. The first kappa shape index (κ1) is 12.4. The van der Waals surface area contributed by atoms with E-state index in [1.807, 2.05) is 13.0 Å². The summed E-state index contributed by atoms with van der Waals surface area (Å²) in [7, 11) is 2.07. The van der Waals surface area contributed by atoms with Crippen LogP contribution in [0, 0.1) is 5.92 Å². The van der Waals surface area contributed by atoms with Crippen molar-refractivity contribution >= 4 is 0 Å². The molecule has 1 aromatic carbocycles. The molecule has 0 radical (unpaired) electrons. The lowest BCUT2D eigenvalue weighted by Gasteiger charge is -2.23. The molecule has 94 valence electrons. The van der Waals surface area contributed by atoms with Crippen LogP contribution in [0.3, 0.4) is 0 Å². The maximum absolute atomic E-state index is 5.58. The third-order valence-corrected chi connectivity index (χ3v) is 3.71. The van der Waals surface area contributed by atoms with Crippen molar-refractivity contribution in [3.63, 3.8) is 0 Å². The summed E-state index contributed by atoms with van der Waals surface area (Å²) in [6.45, 7) is 2.76. The van der Waals surface area contributed by atoms with Gasteiger partial charge in [0.1, 0.15) is 5.75 Å². The Balaban J connectivity index is 2.14. The maximum atomic E-state index is 5.58. The molecule has 1 fully saturated rings. The van der Waals surface area contributed by atoms with Crippen LogP contribution >= 0.6 is 0 Å². The lowest BCUT2D eigenvalue weighted by atomic mass is 9.92. The van der Waals surface area contributed by atoms with Crippen LogP contribution in [-0.4, -0.2) is 13.7 Å². The van der Waals surface area contributed by atoms with Crippen LogP contribution < -0.4 is 10.1 Å². The van der Waals surface area contributed by atoms with Crippen molar-refractivity contribution < 1.29 is 4.74 Å². The second-order valence-corrected chi connectivity index (χ2v) is 4.82. The highest BCUT2D eigenvalue weighted by atomic mass is 16.5. The number of hydrogen-bond acceptors (Lipinski definition) is 2. The van der Waals surface area contributed by atoms with E-state index in [0.29, 0.717) is 6.04 Å². The fourth-order valence-corrected chi connectivity index (χ4v) is 2.93. The molecule has 2 nitrogen and oxygen atoms in total. The normalized spacial score (nSPS) is 18.2. The minimum Gasteiger partial charge on any atom is -0.494 e. The van der Waals surface area contributed by atoms with Crippen LogP contribution in [-0.2, 0) is 0 Å². The molecule has 1 aromatic rings. The molecule has 0 aliphatic heterocycles. The van der Waals surface area contributed by atoms with Crippen LogP contribution in [0.4, 0.5) is 0 Å². The summed E-state index contributed by atoms with van der Waals surface area (Å²) in [5, 5.41) is 3.47. The summed E-state index contributed by atoms with van der Waals surface area (Å²) >= 11 is 0. The highest BCUT2D eigenvalue weighted by Crippen LogP contribution is 2.36. The van der Waals surface area contributed by atoms with Gasteiger partial charge in [0.15, 0.2) is 0 Å². The van der Waals surface area contributed by atoms with Gasteiger partial charge < -0.3 is 10.1 Å². The molecule has 2 heteroatoms. The molecule has 1 atom stereocenters. The van der Waals surface area contributed by atoms with Crippen LogP contribution in [0.5, 0.6) is 5.75 Å². The molecule has 1 unspecified atom stereocenters. The van der Waals surface area contributed by atoms with Crippen molar-refractivity contribution in [1.29, 1.82) is 0 Å². The molecule has 0 spiro atoms. The summed E-state index contributed by atoms with van der Waals surface area (Å²) in [5.74, 6) is 1.78. The van der Waals surface area contributed by atoms with E-state index in [0.717, 1.165) is 18.3 Å². The van der Waals surface area contributed by atoms with Gasteiger partial charge in [-0.3, -0.25) is 0 Å². The summed E-state index contributed by atoms with van der Waals surface area (Å²) in [6.07, 6.45) is 5.47. The van der Waals surface area contributed by atoms with Crippen molar-refractivity contribution in [3.05, 3.63) is 29.8 Å².